The predicted molar refractivity (Wildman–Crippen MR) is 83.1 cm³/mol. The van der Waals surface area contributed by atoms with Crippen LogP contribution in [0.1, 0.15) is 11.1 Å². The zero-order valence-corrected chi connectivity index (χ0v) is 12.8. The molecular formula is C16H14BrF2NO. The Bertz CT molecular complexity index is 674. The Labute approximate surface area is 130 Å². The summed E-state index contributed by atoms with van der Waals surface area (Å²) in [5.74, 6) is -0.769. The summed E-state index contributed by atoms with van der Waals surface area (Å²) in [6.45, 7) is 3.46. The van der Waals surface area contributed by atoms with Gasteiger partial charge in [0.1, 0.15) is 24.0 Å². The summed E-state index contributed by atoms with van der Waals surface area (Å²) >= 11 is 3.03. The van der Waals surface area contributed by atoms with Crippen molar-refractivity contribution < 1.29 is 13.5 Å². The number of hydrogen-bond donors (Lipinski definition) is 1. The van der Waals surface area contributed by atoms with E-state index in [9.17, 15) is 8.78 Å². The molecule has 21 heavy (non-hydrogen) atoms. The Morgan fingerprint density at radius 3 is 2.71 bits per heavy atom. The molecule has 5 heteroatoms. The molecule has 0 radical (unpaired) electrons. The quantitative estimate of drug-likeness (QED) is 0.483. The Morgan fingerprint density at radius 1 is 1.24 bits per heavy atom. The van der Waals surface area contributed by atoms with E-state index in [0.29, 0.717) is 17.9 Å². The number of halogens is 3. The second-order valence-corrected chi connectivity index (χ2v) is 5.32. The van der Waals surface area contributed by atoms with Crippen molar-refractivity contribution in [2.45, 2.75) is 13.0 Å². The lowest BCUT2D eigenvalue weighted by atomic mass is 10.1. The van der Waals surface area contributed by atoms with Crippen molar-refractivity contribution in [3.63, 3.8) is 0 Å². The average Bonchev–Trinajstić information content (AvgIpc) is 2.45. The molecule has 2 aromatic carbocycles. The van der Waals surface area contributed by atoms with Crippen molar-refractivity contribution in [3.8, 4) is 5.75 Å². The molecule has 0 aromatic heterocycles. The van der Waals surface area contributed by atoms with Crippen LogP contribution in [0.4, 0.5) is 14.5 Å². The minimum Gasteiger partial charge on any atom is -0.488 e. The van der Waals surface area contributed by atoms with Gasteiger partial charge in [-0.25, -0.2) is 8.78 Å². The normalized spacial score (nSPS) is 10.4. The molecule has 0 amide bonds. The number of nitrogen functional groups attached to an aromatic ring is 1. The molecule has 0 unspecified atom stereocenters. The van der Waals surface area contributed by atoms with Gasteiger partial charge < -0.3 is 10.5 Å². The summed E-state index contributed by atoms with van der Waals surface area (Å²) in [5.41, 5.74) is 7.01. The van der Waals surface area contributed by atoms with Gasteiger partial charge in [-0.05, 0) is 58.2 Å². The third kappa shape index (κ3) is 3.61. The first-order valence-electron chi connectivity index (χ1n) is 6.27. The Morgan fingerprint density at radius 2 is 2.00 bits per heavy atom. The van der Waals surface area contributed by atoms with Crippen LogP contribution >= 0.6 is 15.9 Å². The molecule has 0 bridgehead atoms. The first-order chi connectivity index (χ1) is 10.0. The number of benzene rings is 2. The highest BCUT2D eigenvalue weighted by atomic mass is 79.9. The van der Waals surface area contributed by atoms with Crippen LogP contribution in [0.25, 0.3) is 0 Å². The number of anilines is 1. The Balaban J connectivity index is 2.24. The molecule has 0 aliphatic heterocycles. The van der Waals surface area contributed by atoms with E-state index < -0.39 is 11.6 Å². The molecule has 0 spiro atoms. The number of ether oxygens (including phenoxy) is 1. The van der Waals surface area contributed by atoms with Gasteiger partial charge in [0.05, 0.1) is 10.0 Å². The predicted octanol–water partition coefficient (Wildman–Crippen LogP) is 4.62. The van der Waals surface area contributed by atoms with E-state index in [1.54, 1.807) is 24.3 Å². The summed E-state index contributed by atoms with van der Waals surface area (Å²) < 4.78 is 33.3. The second kappa shape index (κ2) is 6.72. The molecular weight excluding hydrogens is 340 g/mol. The van der Waals surface area contributed by atoms with E-state index in [2.05, 4.69) is 22.5 Å². The van der Waals surface area contributed by atoms with E-state index in [1.165, 1.54) is 12.1 Å². The van der Waals surface area contributed by atoms with Crippen LogP contribution in [0, 0.1) is 11.6 Å². The topological polar surface area (TPSA) is 35.2 Å². The second-order valence-electron chi connectivity index (χ2n) is 4.47. The van der Waals surface area contributed by atoms with Crippen molar-refractivity contribution in [1.82, 2.24) is 0 Å². The fraction of sp³-hybridized carbons (Fsp3) is 0.125. The highest BCUT2D eigenvalue weighted by Crippen LogP contribution is 2.26. The molecule has 2 aromatic rings. The van der Waals surface area contributed by atoms with Crippen LogP contribution in [0.5, 0.6) is 5.75 Å². The van der Waals surface area contributed by atoms with Crippen LogP contribution < -0.4 is 10.5 Å². The molecule has 110 valence electrons. The van der Waals surface area contributed by atoms with Crippen LogP contribution in [-0.2, 0) is 13.0 Å². The fourth-order valence-electron chi connectivity index (χ4n) is 1.91. The van der Waals surface area contributed by atoms with Crippen molar-refractivity contribution >= 4 is 21.6 Å². The maximum atomic E-state index is 13.9. The first-order valence-corrected chi connectivity index (χ1v) is 7.06. The maximum absolute atomic E-state index is 13.9. The summed E-state index contributed by atoms with van der Waals surface area (Å²) in [6.07, 6.45) is 2.27. The van der Waals surface area contributed by atoms with Gasteiger partial charge in [0.2, 0.25) is 0 Å². The molecule has 0 fully saturated rings. The summed E-state index contributed by atoms with van der Waals surface area (Å²) in [6, 6.07) is 7.63. The Kier molecular flexibility index (Phi) is 4.96. The summed E-state index contributed by atoms with van der Waals surface area (Å²) in [7, 11) is 0. The van der Waals surface area contributed by atoms with Gasteiger partial charge in [-0.3, -0.25) is 0 Å². The monoisotopic (exact) mass is 353 g/mol. The van der Waals surface area contributed by atoms with Crippen molar-refractivity contribution in [1.29, 1.82) is 0 Å². The van der Waals surface area contributed by atoms with Crippen molar-refractivity contribution in [2.75, 3.05) is 5.73 Å². The van der Waals surface area contributed by atoms with E-state index in [0.717, 1.165) is 5.56 Å². The highest BCUT2D eigenvalue weighted by Gasteiger charge is 2.14. The zero-order valence-electron chi connectivity index (χ0n) is 11.2. The van der Waals surface area contributed by atoms with Crippen molar-refractivity contribution in [3.05, 3.63) is 70.2 Å². The van der Waals surface area contributed by atoms with Gasteiger partial charge >= 0.3 is 0 Å². The van der Waals surface area contributed by atoms with Gasteiger partial charge in [0, 0.05) is 5.69 Å². The number of allylic oxidation sites excluding steroid dienone is 1. The van der Waals surface area contributed by atoms with Crippen LogP contribution in [0.2, 0.25) is 0 Å². The van der Waals surface area contributed by atoms with Crippen molar-refractivity contribution in [2.24, 2.45) is 0 Å². The summed E-state index contributed by atoms with van der Waals surface area (Å²) in [4.78, 5) is 0. The molecule has 0 heterocycles. The third-order valence-electron chi connectivity index (χ3n) is 2.96. The van der Waals surface area contributed by atoms with E-state index in [-0.39, 0.29) is 16.6 Å². The minimum atomic E-state index is -0.657. The maximum Gasteiger partial charge on any atom is 0.146 e. The van der Waals surface area contributed by atoms with Crippen LogP contribution in [0.15, 0.2) is 47.5 Å². The van der Waals surface area contributed by atoms with Crippen LogP contribution in [-0.4, -0.2) is 0 Å². The molecule has 2 rings (SSSR count). The Hall–Kier alpha value is -1.88. The lowest BCUT2D eigenvalue weighted by Gasteiger charge is -2.12. The van der Waals surface area contributed by atoms with E-state index >= 15 is 0 Å². The molecule has 0 atom stereocenters. The number of rotatable bonds is 5. The lowest BCUT2D eigenvalue weighted by Crippen LogP contribution is -2.04. The average molecular weight is 354 g/mol. The highest BCUT2D eigenvalue weighted by molar-refractivity contribution is 9.10. The molecule has 2 nitrogen and oxygen atoms in total. The largest absolute Gasteiger partial charge is 0.488 e. The molecule has 0 aliphatic carbocycles. The number of hydrogen-bond acceptors (Lipinski definition) is 2. The zero-order chi connectivity index (χ0) is 15.4. The molecule has 0 saturated carbocycles. The van der Waals surface area contributed by atoms with Gasteiger partial charge in [-0.2, -0.15) is 0 Å². The standard InChI is InChI=1S/C16H14BrF2NO/c1-2-3-10-8-11(20)4-7-15(10)21-9-12-14(18)6-5-13(17)16(12)19/h2,4-8H,1,3,9,20H2. The van der Waals surface area contributed by atoms with E-state index in [1.807, 2.05) is 0 Å². The molecule has 0 saturated heterocycles. The van der Waals surface area contributed by atoms with Gasteiger partial charge in [0.15, 0.2) is 0 Å². The first kappa shape index (κ1) is 15.5. The molecule has 2 N–H and O–H groups in total. The molecule has 0 aliphatic rings. The van der Waals surface area contributed by atoms with Crippen LogP contribution in [0.3, 0.4) is 0 Å². The van der Waals surface area contributed by atoms with E-state index in [4.69, 9.17) is 10.5 Å². The smallest absolute Gasteiger partial charge is 0.146 e. The van der Waals surface area contributed by atoms with Gasteiger partial charge in [-0.15, -0.1) is 6.58 Å². The minimum absolute atomic E-state index is 0.120. The lowest BCUT2D eigenvalue weighted by molar-refractivity contribution is 0.290. The van der Waals surface area contributed by atoms with Gasteiger partial charge in [-0.1, -0.05) is 6.08 Å². The fourth-order valence-corrected chi connectivity index (χ4v) is 2.28. The third-order valence-corrected chi connectivity index (χ3v) is 3.57. The SMILES string of the molecule is C=CCc1cc(N)ccc1OCc1c(F)ccc(Br)c1F. The summed E-state index contributed by atoms with van der Waals surface area (Å²) in [5, 5.41) is 0. The van der Waals surface area contributed by atoms with Gasteiger partial charge in [0.25, 0.3) is 0 Å². The number of nitrogens with two attached hydrogens (primary N) is 1.